The first kappa shape index (κ1) is 21.0. The molecule has 6 bridgehead atoms. The normalized spacial score (nSPS) is 21.2. The van der Waals surface area contributed by atoms with Crippen LogP contribution in [0, 0.1) is 0 Å². The molecule has 3 aromatic heterocycles. The smallest absolute Gasteiger partial charge is 0.275 e. The van der Waals surface area contributed by atoms with Gasteiger partial charge in [-0.15, -0.1) is 0 Å². The van der Waals surface area contributed by atoms with Gasteiger partial charge in [-0.2, -0.15) is 0 Å². The van der Waals surface area contributed by atoms with Gasteiger partial charge in [0.05, 0.1) is 23.0 Å². The van der Waals surface area contributed by atoms with Crippen LogP contribution in [0.15, 0.2) is 58.6 Å². The standard InChI is InChI=1S/C26H23N7O3/c1-14-7-17-12-32(14)5-6-33-26(35)19-4-2-3-18(22(19)31-33)23-25(34)29-20-8-15(16-10-27-13-28-11-16)9-21(36-17)24(20)30-23/h2-4,8-11,13-14,17,31H,5-7,12H2,1H3,(H,29,34)/t14-,17?/m1/s1. The third kappa shape index (κ3) is 3.25. The molecule has 0 spiro atoms. The number of benzene rings is 2. The van der Waals surface area contributed by atoms with Crippen molar-refractivity contribution in [3.8, 4) is 28.1 Å². The number of nitrogens with one attached hydrogen (secondary N) is 2. The summed E-state index contributed by atoms with van der Waals surface area (Å²) in [6, 6.07) is 9.47. The van der Waals surface area contributed by atoms with Crippen molar-refractivity contribution in [2.45, 2.75) is 32.0 Å². The highest BCUT2D eigenvalue weighted by Crippen LogP contribution is 2.34. The Hall–Kier alpha value is -4.31. The van der Waals surface area contributed by atoms with Gasteiger partial charge in [0.1, 0.15) is 29.4 Å². The van der Waals surface area contributed by atoms with E-state index in [1.54, 1.807) is 29.2 Å². The fourth-order valence-corrected chi connectivity index (χ4v) is 5.44. The predicted molar refractivity (Wildman–Crippen MR) is 135 cm³/mol. The van der Waals surface area contributed by atoms with Crippen molar-refractivity contribution in [2.75, 3.05) is 13.1 Å². The average Bonchev–Trinajstić information content (AvgIpc) is 3.40. The van der Waals surface area contributed by atoms with Crippen molar-refractivity contribution in [1.29, 1.82) is 0 Å². The van der Waals surface area contributed by atoms with Gasteiger partial charge in [0.15, 0.2) is 0 Å². The van der Waals surface area contributed by atoms with Crippen LogP contribution in [0.5, 0.6) is 5.75 Å². The Labute approximate surface area is 204 Å². The molecular weight excluding hydrogens is 458 g/mol. The molecule has 2 unspecified atom stereocenters. The highest BCUT2D eigenvalue weighted by Gasteiger charge is 2.31. The van der Waals surface area contributed by atoms with Gasteiger partial charge in [-0.25, -0.2) is 15.0 Å². The van der Waals surface area contributed by atoms with E-state index < -0.39 is 0 Å². The molecule has 10 heteroatoms. The number of aromatic amines is 2. The summed E-state index contributed by atoms with van der Waals surface area (Å²) in [5.74, 6) is 0.596. The molecule has 5 heterocycles. The Balaban J connectivity index is 1.52. The van der Waals surface area contributed by atoms with Crippen LogP contribution in [0.4, 0.5) is 0 Å². The molecule has 1 fully saturated rings. The number of nitrogens with zero attached hydrogens (tertiary/aromatic N) is 5. The van der Waals surface area contributed by atoms with E-state index in [1.807, 2.05) is 18.2 Å². The molecule has 1 saturated heterocycles. The van der Waals surface area contributed by atoms with Gasteiger partial charge in [0.25, 0.3) is 11.1 Å². The molecule has 180 valence electrons. The van der Waals surface area contributed by atoms with Crippen LogP contribution in [-0.2, 0) is 6.54 Å². The molecule has 36 heavy (non-hydrogen) atoms. The van der Waals surface area contributed by atoms with Crippen LogP contribution in [-0.4, -0.2) is 59.9 Å². The van der Waals surface area contributed by atoms with Crippen LogP contribution in [0.25, 0.3) is 44.3 Å². The summed E-state index contributed by atoms with van der Waals surface area (Å²) in [6.45, 7) is 4.14. The predicted octanol–water partition coefficient (Wildman–Crippen LogP) is 2.55. The van der Waals surface area contributed by atoms with Crippen LogP contribution in [0.3, 0.4) is 0 Å². The third-order valence-corrected chi connectivity index (χ3v) is 7.27. The molecule has 0 aliphatic carbocycles. The highest BCUT2D eigenvalue weighted by atomic mass is 16.5. The van der Waals surface area contributed by atoms with E-state index in [0.717, 1.165) is 24.1 Å². The van der Waals surface area contributed by atoms with E-state index in [4.69, 9.17) is 9.72 Å². The first-order valence-corrected chi connectivity index (χ1v) is 12.0. The number of rotatable bonds is 1. The number of H-pyrrole nitrogens is 2. The van der Waals surface area contributed by atoms with Crippen LogP contribution in [0.2, 0.25) is 0 Å². The molecule has 2 aliphatic heterocycles. The zero-order valence-corrected chi connectivity index (χ0v) is 19.6. The van der Waals surface area contributed by atoms with Crippen molar-refractivity contribution in [1.82, 2.24) is 34.6 Å². The van der Waals surface area contributed by atoms with E-state index in [-0.39, 0.29) is 22.9 Å². The number of aromatic nitrogens is 6. The number of ether oxygens (including phenoxy) is 1. The molecule has 7 rings (SSSR count). The Morgan fingerprint density at radius 1 is 1.08 bits per heavy atom. The van der Waals surface area contributed by atoms with E-state index >= 15 is 0 Å². The average molecular weight is 482 g/mol. The van der Waals surface area contributed by atoms with Crippen LogP contribution < -0.4 is 15.9 Å². The fourth-order valence-electron chi connectivity index (χ4n) is 5.44. The maximum Gasteiger partial charge on any atom is 0.275 e. The summed E-state index contributed by atoms with van der Waals surface area (Å²) >= 11 is 0. The molecule has 2 aliphatic rings. The maximum absolute atomic E-state index is 13.3. The summed E-state index contributed by atoms with van der Waals surface area (Å²) in [4.78, 5) is 44.9. The van der Waals surface area contributed by atoms with Gasteiger partial charge in [-0.3, -0.25) is 24.3 Å². The highest BCUT2D eigenvalue weighted by molar-refractivity contribution is 5.94. The van der Waals surface area contributed by atoms with Crippen LogP contribution in [0.1, 0.15) is 13.3 Å². The lowest BCUT2D eigenvalue weighted by Crippen LogP contribution is -2.33. The molecule has 0 saturated carbocycles. The second kappa shape index (κ2) is 7.85. The summed E-state index contributed by atoms with van der Waals surface area (Å²) in [7, 11) is 0. The Morgan fingerprint density at radius 2 is 1.94 bits per heavy atom. The minimum absolute atomic E-state index is 0.0514. The fraction of sp³-hybridized carbons (Fsp3) is 0.269. The zero-order valence-electron chi connectivity index (χ0n) is 19.6. The maximum atomic E-state index is 13.3. The monoisotopic (exact) mass is 481 g/mol. The summed E-state index contributed by atoms with van der Waals surface area (Å²) < 4.78 is 8.20. The second-order valence-corrected chi connectivity index (χ2v) is 9.53. The van der Waals surface area contributed by atoms with Gasteiger partial charge >= 0.3 is 0 Å². The zero-order chi connectivity index (χ0) is 24.4. The molecule has 2 aromatic carbocycles. The SMILES string of the molecule is C[C@@H]1CC2CN1CCn1[nH]c3c(cccc3c1=O)-c1nc3c(cc(-c4cncnc4)cc3[nH]c1=O)O2. The topological polar surface area (TPSA) is 122 Å². The largest absolute Gasteiger partial charge is 0.487 e. The van der Waals surface area contributed by atoms with Gasteiger partial charge in [-0.1, -0.05) is 12.1 Å². The summed E-state index contributed by atoms with van der Waals surface area (Å²) in [6.07, 6.45) is 5.73. The van der Waals surface area contributed by atoms with E-state index in [2.05, 4.69) is 31.9 Å². The van der Waals surface area contributed by atoms with Gasteiger partial charge < -0.3 is 9.72 Å². The molecule has 5 aromatic rings. The lowest BCUT2D eigenvalue weighted by Gasteiger charge is -2.21. The number of hydrogen-bond acceptors (Lipinski definition) is 7. The van der Waals surface area contributed by atoms with E-state index in [9.17, 15) is 9.59 Å². The first-order chi connectivity index (χ1) is 17.5. The number of fused-ring (bicyclic) bond motifs is 5. The summed E-state index contributed by atoms with van der Waals surface area (Å²) in [5.41, 5.74) is 3.74. The van der Waals surface area contributed by atoms with Gasteiger partial charge in [0, 0.05) is 49.1 Å². The molecule has 0 amide bonds. The first-order valence-electron chi connectivity index (χ1n) is 12.0. The van der Waals surface area contributed by atoms with Crippen molar-refractivity contribution in [3.05, 3.63) is 69.8 Å². The number of hydrogen-bond donors (Lipinski definition) is 2. The molecule has 3 atom stereocenters. The van der Waals surface area contributed by atoms with Gasteiger partial charge in [-0.05, 0) is 30.7 Å². The lowest BCUT2D eigenvalue weighted by atomic mass is 10.1. The molecule has 0 radical (unpaired) electrons. The third-order valence-electron chi connectivity index (χ3n) is 7.27. The van der Waals surface area contributed by atoms with Gasteiger partial charge in [0.2, 0.25) is 0 Å². The molecular formula is C26H23N7O3. The van der Waals surface area contributed by atoms with E-state index in [0.29, 0.717) is 52.4 Å². The minimum Gasteiger partial charge on any atom is -0.487 e. The van der Waals surface area contributed by atoms with Crippen LogP contribution >= 0.6 is 0 Å². The number of para-hydroxylation sites is 1. The van der Waals surface area contributed by atoms with Crippen molar-refractivity contribution < 1.29 is 4.74 Å². The van der Waals surface area contributed by atoms with Crippen molar-refractivity contribution in [2.24, 2.45) is 0 Å². The second-order valence-electron chi connectivity index (χ2n) is 9.53. The lowest BCUT2D eigenvalue weighted by molar-refractivity contribution is 0.195. The Morgan fingerprint density at radius 3 is 2.81 bits per heavy atom. The molecule has 2 N–H and O–H groups in total. The Kier molecular flexibility index (Phi) is 4.58. The quantitative estimate of drug-likeness (QED) is 0.377. The van der Waals surface area contributed by atoms with Crippen molar-refractivity contribution >= 4 is 21.9 Å². The van der Waals surface area contributed by atoms with E-state index in [1.165, 1.54) is 6.33 Å². The minimum atomic E-state index is -0.344. The summed E-state index contributed by atoms with van der Waals surface area (Å²) in [5, 5.41) is 3.78. The van der Waals surface area contributed by atoms with Crippen molar-refractivity contribution in [3.63, 3.8) is 0 Å². The Bertz CT molecular complexity index is 1760. The molecule has 10 nitrogen and oxygen atoms in total.